The minimum Gasteiger partial charge on any atom is -0.469 e. The van der Waals surface area contributed by atoms with Gasteiger partial charge in [-0.3, -0.25) is 34.1 Å². The Hall–Kier alpha value is -7.64. The maximum absolute atomic E-state index is 14.3. The molecule has 8 aromatic rings. The van der Waals surface area contributed by atoms with Gasteiger partial charge in [0.15, 0.2) is 5.78 Å². The Morgan fingerprint density at radius 3 is 2.23 bits per heavy atom. The number of benzene rings is 1. The fourth-order valence-corrected chi connectivity index (χ4v) is 14.1. The lowest BCUT2D eigenvalue weighted by Gasteiger charge is -2.23. The van der Waals surface area contributed by atoms with Crippen LogP contribution in [0.3, 0.4) is 0 Å². The van der Waals surface area contributed by atoms with Crippen LogP contribution in [0.1, 0.15) is 125 Å². The van der Waals surface area contributed by atoms with Gasteiger partial charge in [0.2, 0.25) is 11.8 Å². The first kappa shape index (κ1) is 60.0. The van der Waals surface area contributed by atoms with Crippen molar-refractivity contribution in [3.63, 3.8) is 0 Å². The smallest absolute Gasteiger partial charge is 0.412 e. The predicted octanol–water partition coefficient (Wildman–Crippen LogP) is 8.70. The number of hydrogen-bond donors (Lipinski definition) is 6. The Morgan fingerprint density at radius 1 is 0.747 bits per heavy atom. The molecule has 1 aliphatic heterocycles. The van der Waals surface area contributed by atoms with E-state index in [1.165, 1.54) is 89.3 Å². The number of pyridine rings is 1. The van der Waals surface area contributed by atoms with Gasteiger partial charge in [0.25, 0.3) is 11.8 Å². The topological polar surface area (TPSA) is 318 Å². The first-order valence-corrected chi connectivity index (χ1v) is 30.8. The summed E-state index contributed by atoms with van der Waals surface area (Å²) in [5.74, 6) is -3.43. The minimum absolute atomic E-state index is 0.0215. The molecule has 23 nitrogen and oxygen atoms in total. The Balaban J connectivity index is 1.10. The van der Waals surface area contributed by atoms with Gasteiger partial charge in [0.05, 0.1) is 54.9 Å². The number of amides is 5. The molecule has 1 aliphatic rings. The number of anilines is 1. The highest BCUT2D eigenvalue weighted by Crippen LogP contribution is 2.41. The fraction of sp³-hybridized carbons (Fsp3) is 0.333. The van der Waals surface area contributed by atoms with E-state index >= 15 is 0 Å². The third-order valence-corrected chi connectivity index (χ3v) is 18.6. The van der Waals surface area contributed by atoms with Crippen LogP contribution in [-0.2, 0) is 35.2 Å². The maximum atomic E-state index is 14.3. The molecule has 7 aromatic heterocycles. The zero-order valence-electron chi connectivity index (χ0n) is 45.3. The average molecular weight is 1240 g/mol. The molecule has 0 spiro atoms. The van der Waals surface area contributed by atoms with Gasteiger partial charge in [-0.25, -0.2) is 39.7 Å². The molecular weight excluding hydrogens is 1190 g/mol. The Labute approximate surface area is 498 Å². The summed E-state index contributed by atoms with van der Waals surface area (Å²) in [7, 11) is 4.24. The van der Waals surface area contributed by atoms with E-state index in [1.807, 2.05) is 13.8 Å². The first-order chi connectivity index (χ1) is 40.0. The number of carbonyl (C=O) groups excluding carboxylic acids is 7. The molecule has 0 radical (unpaired) electrons. The summed E-state index contributed by atoms with van der Waals surface area (Å²) in [6.45, 7) is 5.13. The third kappa shape index (κ3) is 14.4. The van der Waals surface area contributed by atoms with Crippen LogP contribution in [0, 0.1) is 12.8 Å². The summed E-state index contributed by atoms with van der Waals surface area (Å²) >= 11 is 7.22. The molecule has 0 saturated heterocycles. The van der Waals surface area contributed by atoms with Gasteiger partial charge in [-0.15, -0.1) is 68.0 Å². The number of thiazole rings is 6. The number of carbonyl (C=O) groups is 7. The summed E-state index contributed by atoms with van der Waals surface area (Å²) in [6, 6.07) is 10.2. The van der Waals surface area contributed by atoms with E-state index < -0.39 is 60.4 Å². The molecule has 0 aliphatic carbocycles. The van der Waals surface area contributed by atoms with Gasteiger partial charge < -0.3 is 40.6 Å². The Bertz CT molecular complexity index is 3680. The monoisotopic (exact) mass is 1240 g/mol. The highest BCUT2D eigenvalue weighted by Gasteiger charge is 2.33. The number of ketones is 1. The SMILES string of the molecule is CNC(=O)C[C@@H]1NC(=O)c2csc(n2)-c2ccc(-c3nc(NC(=O)OCCCC(=O)OC)cs3)nc2-c2csc(n2)-c2csc(n2)[C@H]([C@@H](O)c2ccccc2)NC(=O)CNC(=O)c2nc(sc2COC)[C@@H](C(C)C)CC(=O)c2nc1sc2C. The molecule has 1 aromatic carbocycles. The largest absolute Gasteiger partial charge is 0.469 e. The minimum atomic E-state index is -1.28. The van der Waals surface area contributed by atoms with Crippen LogP contribution in [-0.4, -0.2) is 116 Å². The normalized spacial score (nSPS) is 16.3. The molecule has 4 atom stereocenters. The van der Waals surface area contributed by atoms with E-state index in [2.05, 4.69) is 36.3 Å². The first-order valence-electron chi connectivity index (χ1n) is 25.7. The van der Waals surface area contributed by atoms with Crippen LogP contribution < -0.4 is 26.6 Å². The molecule has 6 N–H and O–H groups in total. The number of aryl methyl sites for hydroxylation is 1. The molecule has 10 bridgehead atoms. The highest BCUT2D eigenvalue weighted by molar-refractivity contribution is 7.15. The summed E-state index contributed by atoms with van der Waals surface area (Å²) in [5, 5.41) is 34.8. The predicted molar refractivity (Wildman–Crippen MR) is 315 cm³/mol. The molecule has 0 unspecified atom stereocenters. The molecule has 83 heavy (non-hydrogen) atoms. The average Bonchev–Trinajstić information content (AvgIpc) is 4.32. The number of aromatic nitrogens is 7. The number of hydrogen-bond acceptors (Lipinski definition) is 24. The molecule has 8 heterocycles. The summed E-state index contributed by atoms with van der Waals surface area (Å²) in [6.07, 6.45) is -1.93. The van der Waals surface area contributed by atoms with Crippen LogP contribution in [0.5, 0.6) is 0 Å². The zero-order chi connectivity index (χ0) is 58.9. The van der Waals surface area contributed by atoms with Crippen LogP contribution in [0.25, 0.3) is 43.4 Å². The van der Waals surface area contributed by atoms with Crippen molar-refractivity contribution < 1.29 is 52.9 Å². The second-order valence-electron chi connectivity index (χ2n) is 18.9. The van der Waals surface area contributed by atoms with E-state index in [0.717, 1.165) is 0 Å². The van der Waals surface area contributed by atoms with Crippen molar-refractivity contribution in [3.8, 4) is 43.4 Å². The van der Waals surface area contributed by atoms with Crippen LogP contribution in [0.4, 0.5) is 10.6 Å². The van der Waals surface area contributed by atoms with Gasteiger partial charge in [0.1, 0.15) is 77.2 Å². The fourth-order valence-electron chi connectivity index (χ4n) is 8.52. The lowest BCUT2D eigenvalue weighted by atomic mass is 9.90. The van der Waals surface area contributed by atoms with Crippen molar-refractivity contribution in [3.05, 3.63) is 111 Å². The van der Waals surface area contributed by atoms with Gasteiger partial charge >= 0.3 is 12.1 Å². The molecule has 0 fully saturated rings. The molecule has 5 amide bonds. The van der Waals surface area contributed by atoms with E-state index in [1.54, 1.807) is 70.9 Å². The number of esters is 1. The molecule has 29 heteroatoms. The quantitative estimate of drug-likeness (QED) is 0.0464. The lowest BCUT2D eigenvalue weighted by molar-refractivity contribution is -0.141. The number of Topliss-reactive ketones (excluding diaryl/α,β-unsaturated/α-hetero) is 1. The Kier molecular flexibility index (Phi) is 19.6. The van der Waals surface area contributed by atoms with Crippen LogP contribution >= 0.6 is 68.0 Å². The summed E-state index contributed by atoms with van der Waals surface area (Å²) in [4.78, 5) is 129. The molecular formula is C54H54N12O11S6. The second kappa shape index (κ2) is 27.2. The molecule has 0 saturated carbocycles. The van der Waals surface area contributed by atoms with E-state index in [-0.39, 0.29) is 79.4 Å². The summed E-state index contributed by atoms with van der Waals surface area (Å²) in [5.41, 5.74) is 2.80. The number of ether oxygens (including phenoxy) is 3. The van der Waals surface area contributed by atoms with E-state index in [9.17, 15) is 38.7 Å². The summed E-state index contributed by atoms with van der Waals surface area (Å²) < 4.78 is 15.3. The number of nitrogens with one attached hydrogen (secondary N) is 5. The standard InChI is InChI=1S/C54H54N12O11S6/c1-25(2)29-17-35(67)41-26(3)82-52(65-41)31(18-38(68)55-4)58-46(72)33-22-78-48(60-33)28-14-15-30(50-62-37(24-81-50)63-54(74)77-16-10-13-40(70)76-6)57-42(28)32-21-79-51(59-32)34-23-80-53(61-34)44(45(71)27-11-8-7-9-12-27)64-39(69)19-56-47(73)43-36(20-75-5)83-49(29)66-43/h7-9,11-12,14-15,21-25,29,31,44-45,71H,10,13,16-20H2,1-6H3,(H,55,68)(H,56,73)(H,58,72)(H,63,74)(H,64,69)/t29-,31+,44+,45+/m1/s1. The van der Waals surface area contributed by atoms with Gasteiger partial charge in [-0.05, 0) is 37.0 Å². The number of aliphatic hydroxyl groups is 1. The number of methoxy groups -OCH3 is 2. The van der Waals surface area contributed by atoms with E-state index in [0.29, 0.717) is 73.7 Å². The molecule has 9 rings (SSSR count). The number of nitrogens with zero attached hydrogens (tertiary/aromatic N) is 7. The van der Waals surface area contributed by atoms with Crippen molar-refractivity contribution in [1.82, 2.24) is 56.2 Å². The zero-order valence-corrected chi connectivity index (χ0v) is 50.2. The number of fused-ring (bicyclic) bond motifs is 14. The maximum Gasteiger partial charge on any atom is 0.412 e. The van der Waals surface area contributed by atoms with Gasteiger partial charge in [-0.1, -0.05) is 44.2 Å². The highest BCUT2D eigenvalue weighted by atomic mass is 32.1. The van der Waals surface area contributed by atoms with Crippen molar-refractivity contribution in [1.29, 1.82) is 0 Å². The number of rotatable bonds is 13. The van der Waals surface area contributed by atoms with Crippen LogP contribution in [0.15, 0.2) is 64.0 Å². The van der Waals surface area contributed by atoms with Crippen molar-refractivity contribution >= 4 is 115 Å². The molecule has 432 valence electrons. The van der Waals surface area contributed by atoms with Crippen LogP contribution in [0.2, 0.25) is 0 Å². The van der Waals surface area contributed by atoms with Crippen molar-refractivity contribution in [2.75, 3.05) is 39.7 Å². The van der Waals surface area contributed by atoms with Gasteiger partial charge in [0, 0.05) is 64.9 Å². The second-order valence-corrected chi connectivity index (χ2v) is 24.7. The van der Waals surface area contributed by atoms with Crippen molar-refractivity contribution in [2.45, 2.75) is 77.2 Å². The lowest BCUT2D eigenvalue weighted by Crippen LogP contribution is -2.40. The third-order valence-electron chi connectivity index (χ3n) is 12.8. The van der Waals surface area contributed by atoms with E-state index in [4.69, 9.17) is 39.4 Å². The number of aliphatic hydroxyl groups excluding tert-OH is 1. The van der Waals surface area contributed by atoms with Gasteiger partial charge in [-0.2, -0.15) is 0 Å². The van der Waals surface area contributed by atoms with Crippen molar-refractivity contribution in [2.24, 2.45) is 5.92 Å². The Morgan fingerprint density at radius 2 is 1.47 bits per heavy atom.